The van der Waals surface area contributed by atoms with Gasteiger partial charge < -0.3 is 10.2 Å². The maximum absolute atomic E-state index is 10.9. The zero-order valence-electron chi connectivity index (χ0n) is 10.9. The molecule has 102 valence electrons. The third-order valence-corrected chi connectivity index (χ3v) is 4.55. The minimum Gasteiger partial charge on any atom is -0.481 e. The smallest absolute Gasteiger partial charge is 0.310 e. The van der Waals surface area contributed by atoms with Gasteiger partial charge in [-0.15, -0.1) is 11.8 Å². The molecule has 1 saturated heterocycles. The van der Waals surface area contributed by atoms with Crippen LogP contribution in [0.5, 0.6) is 0 Å². The summed E-state index contributed by atoms with van der Waals surface area (Å²) in [6, 6.07) is 7.49. The van der Waals surface area contributed by atoms with Gasteiger partial charge in [-0.25, -0.2) is 0 Å². The van der Waals surface area contributed by atoms with Gasteiger partial charge in [-0.05, 0) is 42.7 Å². The van der Waals surface area contributed by atoms with E-state index in [1.54, 1.807) is 18.7 Å². The number of rotatable bonds is 3. The van der Waals surface area contributed by atoms with Gasteiger partial charge in [-0.1, -0.05) is 24.3 Å². The van der Waals surface area contributed by atoms with E-state index in [0.29, 0.717) is 0 Å². The van der Waals surface area contributed by atoms with E-state index in [1.807, 2.05) is 30.3 Å². The lowest BCUT2D eigenvalue weighted by atomic mass is 10.00. The molecule has 3 nitrogen and oxygen atoms in total. The van der Waals surface area contributed by atoms with Crippen LogP contribution >= 0.6 is 11.8 Å². The zero-order valence-corrected chi connectivity index (χ0v) is 11.7. The Morgan fingerprint density at radius 3 is 2.68 bits per heavy atom. The minimum atomic E-state index is -0.815. The lowest BCUT2D eigenvalue weighted by Gasteiger charge is -2.19. The molecule has 1 aromatic carbocycles. The summed E-state index contributed by atoms with van der Waals surface area (Å²) in [4.78, 5) is 11.9. The molecule has 0 amide bonds. The Bertz CT molecular complexity index is 479. The van der Waals surface area contributed by atoms with Gasteiger partial charge in [0.15, 0.2) is 0 Å². The fourth-order valence-electron chi connectivity index (χ4n) is 2.03. The molecule has 0 spiro atoms. The van der Waals surface area contributed by atoms with Crippen molar-refractivity contribution in [1.29, 1.82) is 0 Å². The van der Waals surface area contributed by atoms with E-state index in [9.17, 15) is 9.90 Å². The molecule has 2 unspecified atom stereocenters. The summed E-state index contributed by atoms with van der Waals surface area (Å²) in [6.45, 7) is 1.68. The van der Waals surface area contributed by atoms with Crippen molar-refractivity contribution in [3.05, 3.63) is 40.3 Å². The molecular weight excluding hydrogens is 260 g/mol. The zero-order chi connectivity index (χ0) is 13.8. The Kier molecular flexibility index (Phi) is 4.66. The van der Waals surface area contributed by atoms with E-state index < -0.39 is 11.9 Å². The summed E-state index contributed by atoms with van der Waals surface area (Å²) in [5.74, 6) is -0.252. The predicted octanol–water partition coefficient (Wildman–Crippen LogP) is 3.10. The summed E-state index contributed by atoms with van der Waals surface area (Å²) in [5.41, 5.74) is 1.80. The highest BCUT2D eigenvalue weighted by atomic mass is 32.2. The second-order valence-corrected chi connectivity index (χ2v) is 5.95. The Balaban J connectivity index is 2.14. The van der Waals surface area contributed by atoms with Gasteiger partial charge in [0.25, 0.3) is 0 Å². The number of aliphatic hydroxyl groups excluding tert-OH is 1. The second-order valence-electron chi connectivity index (χ2n) is 4.78. The molecule has 0 bridgehead atoms. The van der Waals surface area contributed by atoms with Crippen LogP contribution in [0.1, 0.15) is 36.8 Å². The van der Waals surface area contributed by atoms with Gasteiger partial charge >= 0.3 is 5.97 Å². The summed E-state index contributed by atoms with van der Waals surface area (Å²) in [7, 11) is 0. The number of benzene rings is 1. The van der Waals surface area contributed by atoms with Gasteiger partial charge in [0.2, 0.25) is 0 Å². The van der Waals surface area contributed by atoms with Crippen LogP contribution in [0.2, 0.25) is 0 Å². The summed E-state index contributed by atoms with van der Waals surface area (Å²) in [6.07, 6.45) is 3.52. The van der Waals surface area contributed by atoms with Gasteiger partial charge in [0, 0.05) is 4.91 Å². The van der Waals surface area contributed by atoms with Crippen LogP contribution in [0.4, 0.5) is 0 Å². The molecule has 19 heavy (non-hydrogen) atoms. The number of carboxylic acid groups (broad SMARTS) is 1. The van der Waals surface area contributed by atoms with Crippen LogP contribution in [0.25, 0.3) is 6.08 Å². The molecule has 0 aromatic heterocycles. The fourth-order valence-corrected chi connectivity index (χ4v) is 3.11. The second kappa shape index (κ2) is 6.26. The number of aliphatic hydroxyl groups is 1. The molecule has 4 heteroatoms. The molecule has 0 aliphatic carbocycles. The van der Waals surface area contributed by atoms with E-state index in [-0.39, 0.29) is 6.10 Å². The minimum absolute atomic E-state index is 0.351. The van der Waals surface area contributed by atoms with Gasteiger partial charge in [-0.2, -0.15) is 0 Å². The largest absolute Gasteiger partial charge is 0.481 e. The summed E-state index contributed by atoms with van der Waals surface area (Å²) < 4.78 is 0. The number of hydrogen-bond donors (Lipinski definition) is 2. The topological polar surface area (TPSA) is 57.5 Å². The number of thioether (sulfide) groups is 1. The molecule has 1 aromatic rings. The molecule has 2 rings (SSSR count). The van der Waals surface area contributed by atoms with E-state index in [4.69, 9.17) is 5.11 Å². The van der Waals surface area contributed by atoms with Crippen molar-refractivity contribution in [3.8, 4) is 0 Å². The molecule has 0 saturated carbocycles. The lowest BCUT2D eigenvalue weighted by molar-refractivity contribution is -0.138. The van der Waals surface area contributed by atoms with Gasteiger partial charge in [-0.3, -0.25) is 4.79 Å². The predicted molar refractivity (Wildman–Crippen MR) is 78.2 cm³/mol. The van der Waals surface area contributed by atoms with Crippen molar-refractivity contribution in [3.63, 3.8) is 0 Å². The number of hydrogen-bond acceptors (Lipinski definition) is 3. The molecule has 1 aliphatic heterocycles. The van der Waals surface area contributed by atoms with Crippen LogP contribution < -0.4 is 0 Å². The molecule has 1 aliphatic rings. The molecule has 2 atom stereocenters. The van der Waals surface area contributed by atoms with Crippen molar-refractivity contribution < 1.29 is 15.0 Å². The van der Waals surface area contributed by atoms with Crippen molar-refractivity contribution in [2.45, 2.75) is 31.8 Å². The summed E-state index contributed by atoms with van der Waals surface area (Å²) in [5, 5.41) is 18.8. The summed E-state index contributed by atoms with van der Waals surface area (Å²) >= 11 is 1.70. The van der Waals surface area contributed by atoms with Gasteiger partial charge in [0.1, 0.15) is 0 Å². The highest BCUT2D eigenvalue weighted by molar-refractivity contribution is 8.03. The van der Waals surface area contributed by atoms with E-state index >= 15 is 0 Å². The fraction of sp³-hybridized carbons (Fsp3) is 0.400. The van der Waals surface area contributed by atoms with Crippen molar-refractivity contribution in [1.82, 2.24) is 0 Å². The molecule has 1 fully saturated rings. The van der Waals surface area contributed by atoms with Crippen LogP contribution in [0, 0.1) is 0 Å². The first kappa shape index (κ1) is 14.2. The Morgan fingerprint density at radius 1 is 1.42 bits per heavy atom. The molecule has 1 heterocycles. The average Bonchev–Trinajstić information content (AvgIpc) is 2.41. The monoisotopic (exact) mass is 278 g/mol. The average molecular weight is 278 g/mol. The number of aliphatic carboxylic acids is 1. The Labute approximate surface area is 117 Å². The third kappa shape index (κ3) is 3.61. The Hall–Kier alpha value is -1.26. The first-order valence-electron chi connectivity index (χ1n) is 6.43. The number of carbonyl (C=O) groups is 1. The highest BCUT2D eigenvalue weighted by Gasteiger charge is 2.17. The quantitative estimate of drug-likeness (QED) is 0.892. The first-order valence-corrected chi connectivity index (χ1v) is 7.41. The van der Waals surface area contributed by atoms with Crippen LogP contribution in [-0.4, -0.2) is 28.0 Å². The van der Waals surface area contributed by atoms with Crippen LogP contribution in [0.15, 0.2) is 29.2 Å². The lowest BCUT2D eigenvalue weighted by Crippen LogP contribution is -2.13. The third-order valence-electron chi connectivity index (χ3n) is 3.33. The van der Waals surface area contributed by atoms with E-state index in [2.05, 4.69) is 0 Å². The van der Waals surface area contributed by atoms with Crippen molar-refractivity contribution in [2.24, 2.45) is 0 Å². The van der Waals surface area contributed by atoms with E-state index in [0.717, 1.165) is 34.6 Å². The standard InChI is InChI=1S/C15H18O3S/c1-10(15(17)18)12-6-4-11(5-7-12)9-14-13(16)3-2-8-19-14/h4-7,9-10,13,16H,2-3,8H2,1H3,(H,17,18). The number of carboxylic acids is 1. The molecule has 0 radical (unpaired) electrons. The van der Waals surface area contributed by atoms with Gasteiger partial charge in [0.05, 0.1) is 12.0 Å². The normalized spacial score (nSPS) is 23.3. The SMILES string of the molecule is CC(C(=O)O)c1ccc(C=C2SCCCC2O)cc1. The maximum atomic E-state index is 10.9. The van der Waals surface area contributed by atoms with E-state index in [1.165, 1.54) is 0 Å². The molecular formula is C15H18O3S. The maximum Gasteiger partial charge on any atom is 0.310 e. The first-order chi connectivity index (χ1) is 9.08. The highest BCUT2D eigenvalue weighted by Crippen LogP contribution is 2.31. The molecule has 2 N–H and O–H groups in total. The Morgan fingerprint density at radius 2 is 2.11 bits per heavy atom. The van der Waals surface area contributed by atoms with Crippen molar-refractivity contribution >= 4 is 23.8 Å². The van der Waals surface area contributed by atoms with Crippen LogP contribution in [-0.2, 0) is 4.79 Å². The van der Waals surface area contributed by atoms with Crippen LogP contribution in [0.3, 0.4) is 0 Å². The van der Waals surface area contributed by atoms with Crippen molar-refractivity contribution in [2.75, 3.05) is 5.75 Å².